The van der Waals surface area contributed by atoms with Crippen molar-refractivity contribution in [3.05, 3.63) is 223 Å². The number of nitrogens with zero attached hydrogens (tertiary/aromatic N) is 2. The summed E-state index contributed by atoms with van der Waals surface area (Å²) in [5.74, 6) is 0. The number of benzene rings is 9. The third kappa shape index (κ3) is 6.72. The van der Waals surface area contributed by atoms with Gasteiger partial charge in [-0.3, -0.25) is 0 Å². The van der Waals surface area contributed by atoms with Crippen LogP contribution >= 0.6 is 0 Å². The third-order valence-corrected chi connectivity index (χ3v) is 15.4. The van der Waals surface area contributed by atoms with Crippen molar-refractivity contribution in [1.29, 1.82) is 0 Å². The van der Waals surface area contributed by atoms with E-state index in [0.717, 1.165) is 22.7 Å². The lowest BCUT2D eigenvalue weighted by Gasteiger charge is -2.26. The number of rotatable bonds is 8. The highest BCUT2D eigenvalue weighted by atomic mass is 28.3. The maximum absolute atomic E-state index is 2.48. The zero-order chi connectivity index (χ0) is 42.9. The van der Waals surface area contributed by atoms with Gasteiger partial charge in [0.15, 0.2) is 0 Å². The molecule has 0 fully saturated rings. The largest absolute Gasteiger partial charge is 0.310 e. The molecular formula is C60H50N2Si. The second-order valence-corrected chi connectivity index (χ2v) is 23.7. The Morgan fingerprint density at radius 1 is 0.381 bits per heavy atom. The number of anilines is 3. The van der Waals surface area contributed by atoms with Gasteiger partial charge in [0.05, 0.1) is 19.1 Å². The van der Waals surface area contributed by atoms with Crippen molar-refractivity contribution in [2.45, 2.75) is 38.9 Å². The highest BCUT2D eigenvalue weighted by Crippen LogP contribution is 2.50. The monoisotopic (exact) mass is 826 g/mol. The first-order valence-corrected chi connectivity index (χ1v) is 25.7. The number of hydrogen-bond acceptors (Lipinski definition) is 1. The fourth-order valence-electron chi connectivity index (χ4n) is 9.90. The van der Waals surface area contributed by atoms with Gasteiger partial charge in [-0.15, -0.1) is 0 Å². The van der Waals surface area contributed by atoms with Crippen molar-refractivity contribution in [3.63, 3.8) is 0 Å². The summed E-state index contributed by atoms with van der Waals surface area (Å²) in [6, 6.07) is 78.7. The van der Waals surface area contributed by atoms with E-state index in [-0.39, 0.29) is 5.41 Å². The Bertz CT molecular complexity index is 3300. The molecular weight excluding hydrogens is 777 g/mol. The topological polar surface area (TPSA) is 8.17 Å². The van der Waals surface area contributed by atoms with Crippen LogP contribution in [0.1, 0.15) is 25.0 Å². The lowest BCUT2D eigenvalue weighted by Crippen LogP contribution is -2.37. The minimum Gasteiger partial charge on any atom is -0.310 e. The standard InChI is InChI=1S/C60H50N2Si/c1-60(2)56-19-13-12-18-52(56)53-35-26-46(38-57(53)60)45-24-29-48(30-25-45)61(47-27-20-43(21-28-47)41-14-8-6-9-15-41)50-33-36-58-54(39-50)55-40-51(63(3,4)5)34-37-59(55)62(58)49-31-22-44(23-32-49)42-16-10-7-11-17-42/h6-40H,1-5H3. The molecule has 0 atom stereocenters. The molecule has 0 unspecified atom stereocenters. The molecule has 0 aliphatic heterocycles. The lowest BCUT2D eigenvalue weighted by atomic mass is 9.81. The van der Waals surface area contributed by atoms with E-state index in [4.69, 9.17) is 0 Å². The smallest absolute Gasteiger partial charge is 0.0776 e. The quantitative estimate of drug-likeness (QED) is 0.139. The Labute approximate surface area is 372 Å². The molecule has 1 aliphatic rings. The SMILES string of the molecule is CC1(C)c2ccccc2-c2ccc(-c3ccc(N(c4ccc(-c5ccccc5)cc4)c4ccc5c(c4)c4cc([Si](C)(C)C)ccc4n5-c4ccc(-c5ccccc5)cc4)cc3)cc21. The summed E-state index contributed by atoms with van der Waals surface area (Å²) in [5, 5.41) is 4.00. The summed E-state index contributed by atoms with van der Waals surface area (Å²) in [6.45, 7) is 12.0. The molecule has 11 rings (SSSR count). The minimum absolute atomic E-state index is 0.0478. The molecule has 0 saturated heterocycles. The van der Waals surface area contributed by atoms with Crippen LogP contribution in [0, 0.1) is 0 Å². The average molecular weight is 827 g/mol. The van der Waals surface area contributed by atoms with Crippen molar-refractivity contribution in [2.24, 2.45) is 0 Å². The van der Waals surface area contributed by atoms with Crippen LogP contribution in [0.15, 0.2) is 212 Å². The summed E-state index contributed by atoms with van der Waals surface area (Å²) in [4.78, 5) is 2.42. The van der Waals surface area contributed by atoms with Crippen LogP contribution in [0.25, 0.3) is 72.0 Å². The highest BCUT2D eigenvalue weighted by Gasteiger charge is 2.35. The van der Waals surface area contributed by atoms with Crippen molar-refractivity contribution >= 4 is 52.1 Å². The maximum atomic E-state index is 2.48. The molecule has 3 heteroatoms. The number of aromatic nitrogens is 1. The summed E-state index contributed by atoms with van der Waals surface area (Å²) < 4.78 is 2.45. The zero-order valence-electron chi connectivity index (χ0n) is 36.6. The Morgan fingerprint density at radius 3 is 1.44 bits per heavy atom. The normalized spacial score (nSPS) is 13.0. The van der Waals surface area contributed by atoms with Crippen molar-refractivity contribution in [1.82, 2.24) is 4.57 Å². The van der Waals surface area contributed by atoms with E-state index in [0.29, 0.717) is 0 Å². The predicted octanol–water partition coefficient (Wildman–Crippen LogP) is 16.1. The van der Waals surface area contributed by atoms with Crippen LogP contribution in [0.2, 0.25) is 19.6 Å². The van der Waals surface area contributed by atoms with Crippen molar-refractivity contribution in [3.8, 4) is 50.2 Å². The van der Waals surface area contributed by atoms with Gasteiger partial charge in [0.25, 0.3) is 0 Å². The third-order valence-electron chi connectivity index (χ3n) is 13.4. The molecule has 10 aromatic rings. The van der Waals surface area contributed by atoms with Gasteiger partial charge in [0.1, 0.15) is 0 Å². The van der Waals surface area contributed by atoms with Crippen LogP contribution < -0.4 is 10.1 Å². The van der Waals surface area contributed by atoms with E-state index in [1.807, 2.05) is 0 Å². The molecule has 0 amide bonds. The molecule has 0 saturated carbocycles. The minimum atomic E-state index is -1.61. The summed E-state index contributed by atoms with van der Waals surface area (Å²) in [7, 11) is -1.61. The van der Waals surface area contributed by atoms with E-state index in [1.165, 1.54) is 82.6 Å². The van der Waals surface area contributed by atoms with E-state index < -0.39 is 8.07 Å². The van der Waals surface area contributed by atoms with Gasteiger partial charge in [-0.2, -0.15) is 0 Å². The molecule has 1 heterocycles. The summed E-state index contributed by atoms with van der Waals surface area (Å²) >= 11 is 0. The fourth-order valence-corrected chi connectivity index (χ4v) is 11.1. The van der Waals surface area contributed by atoms with Gasteiger partial charge in [0.2, 0.25) is 0 Å². The van der Waals surface area contributed by atoms with Crippen molar-refractivity contribution in [2.75, 3.05) is 4.90 Å². The van der Waals surface area contributed by atoms with Gasteiger partial charge in [-0.05, 0) is 122 Å². The molecule has 304 valence electrons. The molecule has 0 bridgehead atoms. The van der Waals surface area contributed by atoms with Gasteiger partial charge in [-0.25, -0.2) is 0 Å². The first-order valence-electron chi connectivity index (χ1n) is 22.2. The first kappa shape index (κ1) is 38.7. The van der Waals surface area contributed by atoms with Gasteiger partial charge >= 0.3 is 0 Å². The Hall–Kier alpha value is -7.20. The number of hydrogen-bond donors (Lipinski definition) is 0. The molecule has 9 aromatic carbocycles. The molecule has 1 aliphatic carbocycles. The molecule has 63 heavy (non-hydrogen) atoms. The van der Waals surface area contributed by atoms with E-state index in [1.54, 1.807) is 0 Å². The maximum Gasteiger partial charge on any atom is 0.0776 e. The average Bonchev–Trinajstić information content (AvgIpc) is 3.77. The Balaban J connectivity index is 1.04. The van der Waals surface area contributed by atoms with Gasteiger partial charge in [0, 0.05) is 38.9 Å². The molecule has 1 aromatic heterocycles. The number of fused-ring (bicyclic) bond motifs is 6. The van der Waals surface area contributed by atoms with Crippen LogP contribution in [0.5, 0.6) is 0 Å². The summed E-state index contributed by atoms with van der Waals surface area (Å²) in [6.07, 6.45) is 0. The van der Waals surface area contributed by atoms with Crippen LogP contribution in [-0.4, -0.2) is 12.6 Å². The van der Waals surface area contributed by atoms with E-state index >= 15 is 0 Å². The lowest BCUT2D eigenvalue weighted by molar-refractivity contribution is 0.660. The van der Waals surface area contributed by atoms with Crippen LogP contribution in [0.3, 0.4) is 0 Å². The second kappa shape index (κ2) is 15.0. The van der Waals surface area contributed by atoms with E-state index in [2.05, 4.69) is 255 Å². The Kier molecular flexibility index (Phi) is 9.22. The molecule has 0 spiro atoms. The fraction of sp³-hybridized carbons (Fsp3) is 0.100. The van der Waals surface area contributed by atoms with Crippen LogP contribution in [-0.2, 0) is 5.41 Å². The van der Waals surface area contributed by atoms with Crippen molar-refractivity contribution < 1.29 is 0 Å². The first-order chi connectivity index (χ1) is 30.6. The molecule has 0 radical (unpaired) electrons. The van der Waals surface area contributed by atoms with Gasteiger partial charge < -0.3 is 9.47 Å². The second-order valence-electron chi connectivity index (χ2n) is 18.7. The Morgan fingerprint density at radius 2 is 0.841 bits per heavy atom. The predicted molar refractivity (Wildman–Crippen MR) is 272 cm³/mol. The summed E-state index contributed by atoms with van der Waals surface area (Å²) in [5.41, 5.74) is 19.7. The molecule has 0 N–H and O–H groups in total. The molecule has 2 nitrogen and oxygen atoms in total. The zero-order valence-corrected chi connectivity index (χ0v) is 37.6. The highest BCUT2D eigenvalue weighted by molar-refractivity contribution is 6.88. The van der Waals surface area contributed by atoms with Gasteiger partial charge in [-0.1, -0.05) is 184 Å². The van der Waals surface area contributed by atoms with Crippen LogP contribution in [0.4, 0.5) is 17.1 Å². The van der Waals surface area contributed by atoms with E-state index in [9.17, 15) is 0 Å².